The topological polar surface area (TPSA) is 78.4 Å². The quantitative estimate of drug-likeness (QED) is 0.603. The predicted octanol–water partition coefficient (Wildman–Crippen LogP) is 4.79. The molecule has 0 spiro atoms. The number of urea groups is 1. The number of carbonyl (C=O) groups excluding carboxylic acids is 2. The first kappa shape index (κ1) is 22.3. The van der Waals surface area contributed by atoms with Crippen LogP contribution in [0.15, 0.2) is 48.5 Å². The van der Waals surface area contributed by atoms with E-state index in [-0.39, 0.29) is 29.5 Å². The van der Waals surface area contributed by atoms with E-state index in [9.17, 15) is 22.8 Å². The maximum Gasteiger partial charge on any atom is 0.416 e. The molecule has 3 amide bonds. The summed E-state index contributed by atoms with van der Waals surface area (Å²) in [6.07, 6.45) is -4.50. The zero-order chi connectivity index (χ0) is 23.9. The van der Waals surface area contributed by atoms with Crippen LogP contribution in [0.2, 0.25) is 0 Å². The van der Waals surface area contributed by atoms with Gasteiger partial charge in [-0.05, 0) is 50.2 Å². The Kier molecular flexibility index (Phi) is 5.52. The lowest BCUT2D eigenvalue weighted by atomic mass is 10.1. The Balaban J connectivity index is 1.73. The zero-order valence-corrected chi connectivity index (χ0v) is 18.1. The number of fused-ring (bicyclic) bond motifs is 1. The van der Waals surface area contributed by atoms with Gasteiger partial charge in [-0.25, -0.2) is 9.78 Å². The van der Waals surface area contributed by atoms with Crippen LogP contribution in [0.4, 0.5) is 35.2 Å². The van der Waals surface area contributed by atoms with Gasteiger partial charge in [0.1, 0.15) is 6.54 Å². The fourth-order valence-electron chi connectivity index (χ4n) is 3.63. The second kappa shape index (κ2) is 8.19. The van der Waals surface area contributed by atoms with Gasteiger partial charge in [0.05, 0.1) is 16.9 Å². The van der Waals surface area contributed by atoms with Crippen LogP contribution < -0.4 is 15.1 Å². The van der Waals surface area contributed by atoms with Crippen molar-refractivity contribution < 1.29 is 22.8 Å². The van der Waals surface area contributed by atoms with Crippen molar-refractivity contribution in [3.63, 3.8) is 0 Å². The minimum atomic E-state index is -4.50. The highest BCUT2D eigenvalue weighted by Crippen LogP contribution is 2.36. The summed E-state index contributed by atoms with van der Waals surface area (Å²) in [5.74, 6) is -0.152. The lowest BCUT2D eigenvalue weighted by Crippen LogP contribution is -2.48. The number of hydrogen-bond acceptors (Lipinski definition) is 4. The fraction of sp³-hybridized carbons (Fsp3) is 0.217. The van der Waals surface area contributed by atoms with Crippen LogP contribution in [0.5, 0.6) is 0 Å². The standard InChI is InChI=1S/C23H20F3N5O2/c1-13-9-17(10-14(2)27-13)28-22(33)31-12-20(32)30(3)19-8-7-18(29-21(19)31)15-5-4-6-16(11-15)23(24,25)26/h4-11H,12H2,1-3H3,(H,27,28,33). The summed E-state index contributed by atoms with van der Waals surface area (Å²) in [5.41, 5.74) is 2.00. The second-order valence-electron chi connectivity index (χ2n) is 7.73. The second-order valence-corrected chi connectivity index (χ2v) is 7.73. The third kappa shape index (κ3) is 4.50. The summed E-state index contributed by atoms with van der Waals surface area (Å²) in [4.78, 5) is 36.8. The van der Waals surface area contributed by atoms with Crippen molar-refractivity contribution in [3.8, 4) is 11.3 Å². The number of pyridine rings is 2. The van der Waals surface area contributed by atoms with Crippen LogP contribution in [0, 0.1) is 13.8 Å². The molecule has 4 rings (SSSR count). The molecule has 0 aliphatic carbocycles. The van der Waals surface area contributed by atoms with Gasteiger partial charge >= 0.3 is 12.2 Å². The van der Waals surface area contributed by atoms with Crippen LogP contribution in [0.25, 0.3) is 11.3 Å². The van der Waals surface area contributed by atoms with Crippen molar-refractivity contribution in [1.82, 2.24) is 9.97 Å². The number of aryl methyl sites for hydroxylation is 2. The number of hydrogen-bond donors (Lipinski definition) is 1. The minimum absolute atomic E-state index is 0.173. The van der Waals surface area contributed by atoms with E-state index in [0.717, 1.165) is 12.1 Å². The van der Waals surface area contributed by atoms with E-state index in [1.54, 1.807) is 39.1 Å². The van der Waals surface area contributed by atoms with Crippen LogP contribution in [0.1, 0.15) is 17.0 Å². The van der Waals surface area contributed by atoms with Crippen molar-refractivity contribution >= 4 is 29.1 Å². The molecule has 0 unspecified atom stereocenters. The molecule has 1 aliphatic heterocycles. The van der Waals surface area contributed by atoms with Gasteiger partial charge in [0.2, 0.25) is 5.91 Å². The average molecular weight is 455 g/mol. The Morgan fingerprint density at radius 1 is 1.03 bits per heavy atom. The lowest BCUT2D eigenvalue weighted by Gasteiger charge is -2.33. The smallest absolute Gasteiger partial charge is 0.311 e. The number of benzene rings is 1. The molecular weight excluding hydrogens is 435 g/mol. The summed E-state index contributed by atoms with van der Waals surface area (Å²) in [5, 5.41) is 2.75. The van der Waals surface area contributed by atoms with Gasteiger partial charge in [-0.2, -0.15) is 13.2 Å². The number of alkyl halides is 3. The number of anilines is 3. The molecule has 1 N–H and O–H groups in total. The van der Waals surface area contributed by atoms with Gasteiger partial charge in [0, 0.05) is 29.7 Å². The van der Waals surface area contributed by atoms with Crippen molar-refractivity contribution in [3.05, 3.63) is 65.5 Å². The van der Waals surface area contributed by atoms with Crippen molar-refractivity contribution in [1.29, 1.82) is 0 Å². The predicted molar refractivity (Wildman–Crippen MR) is 118 cm³/mol. The maximum absolute atomic E-state index is 13.2. The Labute approximate surface area is 187 Å². The van der Waals surface area contributed by atoms with Gasteiger partial charge < -0.3 is 10.2 Å². The number of amides is 3. The first-order chi connectivity index (χ1) is 15.5. The summed E-state index contributed by atoms with van der Waals surface area (Å²) < 4.78 is 39.5. The minimum Gasteiger partial charge on any atom is -0.311 e. The number of aromatic nitrogens is 2. The molecule has 1 aliphatic rings. The molecule has 0 fully saturated rings. The van der Waals surface area contributed by atoms with E-state index in [2.05, 4.69) is 15.3 Å². The molecule has 3 heterocycles. The van der Waals surface area contributed by atoms with E-state index in [1.807, 2.05) is 0 Å². The molecule has 0 bridgehead atoms. The molecule has 1 aromatic carbocycles. The number of rotatable bonds is 2. The monoisotopic (exact) mass is 455 g/mol. The van der Waals surface area contributed by atoms with Crippen molar-refractivity contribution in [2.45, 2.75) is 20.0 Å². The number of carbonyl (C=O) groups is 2. The summed E-state index contributed by atoms with van der Waals surface area (Å²) >= 11 is 0. The first-order valence-electron chi connectivity index (χ1n) is 10.0. The number of nitrogens with one attached hydrogen (secondary N) is 1. The van der Waals surface area contributed by atoms with Crippen LogP contribution in [-0.4, -0.2) is 35.5 Å². The number of nitrogens with zero attached hydrogens (tertiary/aromatic N) is 4. The molecule has 0 saturated carbocycles. The average Bonchev–Trinajstić information content (AvgIpc) is 2.74. The Morgan fingerprint density at radius 3 is 2.39 bits per heavy atom. The normalized spacial score (nSPS) is 13.7. The Bertz CT molecular complexity index is 1240. The molecule has 33 heavy (non-hydrogen) atoms. The molecule has 2 aromatic heterocycles. The molecule has 0 radical (unpaired) electrons. The van der Waals surface area contributed by atoms with Crippen molar-refractivity contribution in [2.24, 2.45) is 0 Å². The van der Waals surface area contributed by atoms with Gasteiger partial charge in [0.15, 0.2) is 5.82 Å². The van der Waals surface area contributed by atoms with E-state index < -0.39 is 17.8 Å². The molecule has 0 saturated heterocycles. The van der Waals surface area contributed by atoms with Gasteiger partial charge in [-0.1, -0.05) is 12.1 Å². The summed E-state index contributed by atoms with van der Waals surface area (Å²) in [6.45, 7) is 3.32. The fourth-order valence-corrected chi connectivity index (χ4v) is 3.63. The van der Waals surface area contributed by atoms with Crippen molar-refractivity contribution in [2.75, 3.05) is 28.7 Å². The molecule has 10 heteroatoms. The maximum atomic E-state index is 13.2. The highest BCUT2D eigenvalue weighted by molar-refractivity contribution is 6.13. The first-order valence-corrected chi connectivity index (χ1v) is 10.0. The van der Waals surface area contributed by atoms with Crippen LogP contribution in [0.3, 0.4) is 0 Å². The van der Waals surface area contributed by atoms with Crippen LogP contribution >= 0.6 is 0 Å². The van der Waals surface area contributed by atoms with E-state index >= 15 is 0 Å². The van der Waals surface area contributed by atoms with Gasteiger partial charge in [-0.15, -0.1) is 0 Å². The molecular formula is C23H20F3N5O2. The third-order valence-electron chi connectivity index (χ3n) is 5.20. The number of halogens is 3. The van der Waals surface area contributed by atoms with E-state index in [0.29, 0.717) is 22.8 Å². The summed E-state index contributed by atoms with van der Waals surface area (Å²) in [6, 6.07) is 10.7. The zero-order valence-electron chi connectivity index (χ0n) is 18.1. The SMILES string of the molecule is Cc1cc(NC(=O)N2CC(=O)N(C)c3ccc(-c4cccc(C(F)(F)F)c4)nc32)cc(C)n1. The Morgan fingerprint density at radius 2 is 1.73 bits per heavy atom. The largest absolute Gasteiger partial charge is 0.416 e. The third-order valence-corrected chi connectivity index (χ3v) is 5.20. The Hall–Kier alpha value is -3.95. The molecule has 7 nitrogen and oxygen atoms in total. The van der Waals surface area contributed by atoms with Crippen LogP contribution in [-0.2, 0) is 11.0 Å². The van der Waals surface area contributed by atoms with Gasteiger partial charge in [-0.3, -0.25) is 14.7 Å². The highest BCUT2D eigenvalue weighted by Gasteiger charge is 2.33. The number of likely N-dealkylation sites (N-methyl/N-ethyl adjacent to an activating group) is 1. The van der Waals surface area contributed by atoms with E-state index in [4.69, 9.17) is 0 Å². The van der Waals surface area contributed by atoms with Gasteiger partial charge in [0.25, 0.3) is 0 Å². The lowest BCUT2D eigenvalue weighted by molar-refractivity contribution is -0.137. The molecule has 3 aromatic rings. The molecule has 170 valence electrons. The highest BCUT2D eigenvalue weighted by atomic mass is 19.4. The summed E-state index contributed by atoms with van der Waals surface area (Å²) in [7, 11) is 1.55. The van der Waals surface area contributed by atoms with E-state index in [1.165, 1.54) is 28.0 Å². The molecule has 0 atom stereocenters.